The number of hydrogen-bond donors (Lipinski definition) is 1. The van der Waals surface area contributed by atoms with Gasteiger partial charge in [-0.15, -0.1) is 0 Å². The van der Waals surface area contributed by atoms with Crippen molar-refractivity contribution in [1.82, 2.24) is 0 Å². The van der Waals surface area contributed by atoms with Crippen molar-refractivity contribution >= 4 is 25.8 Å². The zero-order chi connectivity index (χ0) is 10.1. The third-order valence-corrected chi connectivity index (χ3v) is 2.83. The summed E-state index contributed by atoms with van der Waals surface area (Å²) in [7, 11) is -3.06. The Labute approximate surface area is 85.2 Å². The van der Waals surface area contributed by atoms with E-state index in [-0.39, 0.29) is 5.75 Å². The van der Waals surface area contributed by atoms with Crippen LogP contribution in [0.15, 0.2) is 21.2 Å². The highest BCUT2D eigenvalue weighted by Crippen LogP contribution is 2.19. The molecular weight excluding hydrogens is 258 g/mol. The molecule has 1 heterocycles. The first-order valence-electron chi connectivity index (χ1n) is 3.57. The van der Waals surface area contributed by atoms with Crippen LogP contribution in [0.4, 0.5) is 0 Å². The van der Waals surface area contributed by atoms with Gasteiger partial charge in [0.1, 0.15) is 15.6 Å². The third kappa shape index (κ3) is 3.50. The van der Waals surface area contributed by atoms with E-state index in [0.717, 1.165) is 6.26 Å². The normalized spacial score (nSPS) is 14.4. The molecule has 1 atom stereocenters. The Morgan fingerprint density at radius 1 is 1.62 bits per heavy atom. The first kappa shape index (κ1) is 10.7. The van der Waals surface area contributed by atoms with Crippen molar-refractivity contribution in [2.45, 2.75) is 6.04 Å². The molecule has 74 valence electrons. The number of nitrogens with two attached hydrogens (primary N) is 1. The van der Waals surface area contributed by atoms with Crippen LogP contribution in [0.3, 0.4) is 0 Å². The fourth-order valence-electron chi connectivity index (χ4n) is 0.936. The van der Waals surface area contributed by atoms with Crippen LogP contribution in [0.1, 0.15) is 11.8 Å². The minimum atomic E-state index is -3.06. The van der Waals surface area contributed by atoms with Gasteiger partial charge in [0.15, 0.2) is 4.67 Å². The lowest BCUT2D eigenvalue weighted by Crippen LogP contribution is -2.20. The Kier molecular flexibility index (Phi) is 3.15. The number of halogens is 1. The highest BCUT2D eigenvalue weighted by Gasteiger charge is 2.15. The second-order valence-electron chi connectivity index (χ2n) is 2.84. The summed E-state index contributed by atoms with van der Waals surface area (Å²) < 4.78 is 27.4. The predicted octanol–water partition coefficient (Wildman–Crippen LogP) is 1.09. The molecule has 13 heavy (non-hydrogen) atoms. The Morgan fingerprint density at radius 3 is 2.62 bits per heavy atom. The fourth-order valence-corrected chi connectivity index (χ4v) is 2.07. The Morgan fingerprint density at radius 2 is 2.23 bits per heavy atom. The largest absolute Gasteiger partial charge is 0.453 e. The van der Waals surface area contributed by atoms with E-state index in [4.69, 9.17) is 10.2 Å². The van der Waals surface area contributed by atoms with Crippen LogP contribution in [0, 0.1) is 0 Å². The molecule has 0 aliphatic rings. The van der Waals surface area contributed by atoms with E-state index in [9.17, 15) is 8.42 Å². The number of furan rings is 1. The lowest BCUT2D eigenvalue weighted by atomic mass is 10.3. The monoisotopic (exact) mass is 267 g/mol. The van der Waals surface area contributed by atoms with Crippen molar-refractivity contribution in [2.75, 3.05) is 12.0 Å². The average Bonchev–Trinajstić information content (AvgIpc) is 2.31. The molecule has 1 rings (SSSR count). The maximum atomic E-state index is 10.9. The van der Waals surface area contributed by atoms with E-state index < -0.39 is 15.9 Å². The molecule has 4 nitrogen and oxygen atoms in total. The van der Waals surface area contributed by atoms with Crippen LogP contribution in [-0.2, 0) is 9.84 Å². The van der Waals surface area contributed by atoms with Gasteiger partial charge in [-0.3, -0.25) is 0 Å². The lowest BCUT2D eigenvalue weighted by Gasteiger charge is -2.05. The molecular formula is C7H10BrNO3S. The molecule has 0 saturated heterocycles. The summed E-state index contributed by atoms with van der Waals surface area (Å²) in [6.45, 7) is 0. The topological polar surface area (TPSA) is 73.3 Å². The van der Waals surface area contributed by atoms with E-state index in [1.165, 1.54) is 0 Å². The molecule has 0 fully saturated rings. The quantitative estimate of drug-likeness (QED) is 0.890. The van der Waals surface area contributed by atoms with Crippen LogP contribution >= 0.6 is 15.9 Å². The summed E-state index contributed by atoms with van der Waals surface area (Å²) in [5.74, 6) is 0.366. The molecule has 0 aromatic carbocycles. The molecule has 1 aromatic heterocycles. The maximum Gasteiger partial charge on any atom is 0.169 e. The molecule has 0 bridgehead atoms. The van der Waals surface area contributed by atoms with E-state index in [0.29, 0.717) is 10.4 Å². The van der Waals surface area contributed by atoms with E-state index >= 15 is 0 Å². The highest BCUT2D eigenvalue weighted by molar-refractivity contribution is 9.10. The number of sulfone groups is 1. The zero-order valence-electron chi connectivity index (χ0n) is 7.03. The second kappa shape index (κ2) is 3.81. The van der Waals surface area contributed by atoms with Gasteiger partial charge >= 0.3 is 0 Å². The maximum absolute atomic E-state index is 10.9. The molecule has 0 radical (unpaired) electrons. The van der Waals surface area contributed by atoms with Crippen molar-refractivity contribution in [1.29, 1.82) is 0 Å². The summed E-state index contributed by atoms with van der Waals surface area (Å²) in [5, 5.41) is 0. The molecule has 0 aliphatic heterocycles. The number of rotatable bonds is 3. The minimum absolute atomic E-state index is 0.104. The Bertz CT molecular complexity index is 384. The third-order valence-electron chi connectivity index (χ3n) is 1.44. The average molecular weight is 268 g/mol. The fraction of sp³-hybridized carbons (Fsp3) is 0.429. The zero-order valence-corrected chi connectivity index (χ0v) is 9.43. The Balaban J connectivity index is 2.75. The Hall–Kier alpha value is -0.330. The summed E-state index contributed by atoms with van der Waals surface area (Å²) in [6.07, 6.45) is 1.14. The lowest BCUT2D eigenvalue weighted by molar-refractivity contribution is 0.460. The van der Waals surface area contributed by atoms with Gasteiger partial charge in [0.2, 0.25) is 0 Å². The molecule has 1 unspecified atom stereocenters. The van der Waals surface area contributed by atoms with Crippen molar-refractivity contribution in [2.24, 2.45) is 5.73 Å². The summed E-state index contributed by atoms with van der Waals surface area (Å²) in [5.41, 5.74) is 5.60. The SMILES string of the molecule is CS(=O)(=O)CC(N)c1ccc(Br)o1. The molecule has 0 aliphatic carbocycles. The molecule has 6 heteroatoms. The molecule has 0 amide bonds. The first-order chi connectivity index (χ1) is 5.88. The van der Waals surface area contributed by atoms with E-state index in [1.54, 1.807) is 12.1 Å². The van der Waals surface area contributed by atoms with Crippen LogP contribution in [0.25, 0.3) is 0 Å². The van der Waals surface area contributed by atoms with Crippen LogP contribution in [0.5, 0.6) is 0 Å². The van der Waals surface area contributed by atoms with Crippen LogP contribution in [0.2, 0.25) is 0 Å². The van der Waals surface area contributed by atoms with Gasteiger partial charge in [0.05, 0.1) is 11.8 Å². The van der Waals surface area contributed by atoms with Gasteiger partial charge in [-0.05, 0) is 28.1 Å². The van der Waals surface area contributed by atoms with Crippen molar-refractivity contribution in [3.8, 4) is 0 Å². The predicted molar refractivity (Wildman–Crippen MR) is 53.0 cm³/mol. The van der Waals surface area contributed by atoms with Gasteiger partial charge < -0.3 is 10.2 Å². The van der Waals surface area contributed by atoms with Gasteiger partial charge in [-0.2, -0.15) is 0 Å². The first-order valence-corrected chi connectivity index (χ1v) is 6.42. The van der Waals surface area contributed by atoms with Gasteiger partial charge in [0.25, 0.3) is 0 Å². The van der Waals surface area contributed by atoms with E-state index in [2.05, 4.69) is 15.9 Å². The standard InChI is InChI=1S/C7H10BrNO3S/c1-13(10,11)4-5(9)6-2-3-7(8)12-6/h2-3,5H,4,9H2,1H3. The second-order valence-corrected chi connectivity index (χ2v) is 5.81. The van der Waals surface area contributed by atoms with Crippen molar-refractivity contribution in [3.05, 3.63) is 22.6 Å². The summed E-state index contributed by atoms with van der Waals surface area (Å²) in [6, 6.07) is 2.73. The summed E-state index contributed by atoms with van der Waals surface area (Å²) in [4.78, 5) is 0. The minimum Gasteiger partial charge on any atom is -0.453 e. The highest BCUT2D eigenvalue weighted by atomic mass is 79.9. The molecule has 0 spiro atoms. The van der Waals surface area contributed by atoms with Gasteiger partial charge in [-0.1, -0.05) is 0 Å². The van der Waals surface area contributed by atoms with Crippen molar-refractivity contribution < 1.29 is 12.8 Å². The molecule has 1 aromatic rings. The van der Waals surface area contributed by atoms with Gasteiger partial charge in [-0.25, -0.2) is 8.42 Å². The molecule has 0 saturated carbocycles. The van der Waals surface area contributed by atoms with Gasteiger partial charge in [0, 0.05) is 6.26 Å². The van der Waals surface area contributed by atoms with Crippen molar-refractivity contribution in [3.63, 3.8) is 0 Å². The summed E-state index contributed by atoms with van der Waals surface area (Å²) >= 11 is 3.11. The van der Waals surface area contributed by atoms with Crippen LogP contribution in [-0.4, -0.2) is 20.4 Å². The number of hydrogen-bond acceptors (Lipinski definition) is 4. The van der Waals surface area contributed by atoms with E-state index in [1.807, 2.05) is 0 Å². The smallest absolute Gasteiger partial charge is 0.169 e. The van der Waals surface area contributed by atoms with Crippen LogP contribution < -0.4 is 5.73 Å². The molecule has 2 N–H and O–H groups in total.